The second-order valence-corrected chi connectivity index (χ2v) is 7.73. The van der Waals surface area contributed by atoms with Crippen molar-refractivity contribution in [3.63, 3.8) is 0 Å². The molecule has 0 bridgehead atoms. The number of methoxy groups -OCH3 is 2. The monoisotopic (exact) mass is 515 g/mol. The van der Waals surface area contributed by atoms with Crippen molar-refractivity contribution in [2.45, 2.75) is 13.1 Å². The molecule has 0 atom stereocenters. The number of hydrogen-bond donors (Lipinski definition) is 4. The van der Waals surface area contributed by atoms with Crippen LogP contribution in [0.5, 0.6) is 11.5 Å². The van der Waals surface area contributed by atoms with Crippen LogP contribution in [0, 0.1) is 5.82 Å². The average Bonchev–Trinajstić information content (AvgIpc) is 2.92. The van der Waals surface area contributed by atoms with Gasteiger partial charge in [-0.1, -0.05) is 24.3 Å². The van der Waals surface area contributed by atoms with Gasteiger partial charge in [0.15, 0.2) is 11.5 Å². The Bertz CT molecular complexity index is 1110. The molecule has 0 aliphatic heterocycles. The first-order valence-electron chi connectivity index (χ1n) is 11.9. The number of rotatable bonds is 17. The van der Waals surface area contributed by atoms with Crippen molar-refractivity contribution in [2.75, 3.05) is 69.7 Å². The van der Waals surface area contributed by atoms with E-state index in [2.05, 4.69) is 30.9 Å². The summed E-state index contributed by atoms with van der Waals surface area (Å²) in [5, 5.41) is 9.40. The standard InChI is InChI=1S/C25H34FN7O4/c1-34-21-8-7-18(15-22(21)35-2)16-29-24-31-23(28-10-12-37-14-13-36-11-9-27)32-25(33-24)30-17-19-5-3-4-6-20(19)26/h3-8,15H,9-14,16-17,27H2,1-2H3,(H3,28,29,30,31,32,33). The number of nitrogens with one attached hydrogen (secondary N) is 3. The van der Waals surface area contributed by atoms with Gasteiger partial charge >= 0.3 is 0 Å². The van der Waals surface area contributed by atoms with Gasteiger partial charge in [-0.15, -0.1) is 0 Å². The van der Waals surface area contributed by atoms with Crippen LogP contribution in [0.4, 0.5) is 22.2 Å². The lowest BCUT2D eigenvalue weighted by Crippen LogP contribution is -2.17. The molecule has 3 aromatic rings. The van der Waals surface area contributed by atoms with Crippen molar-refractivity contribution in [2.24, 2.45) is 5.73 Å². The molecule has 2 aromatic carbocycles. The summed E-state index contributed by atoms with van der Waals surface area (Å²) in [5.74, 6) is 1.96. The zero-order chi connectivity index (χ0) is 26.3. The molecular weight excluding hydrogens is 481 g/mol. The van der Waals surface area contributed by atoms with E-state index in [4.69, 9.17) is 24.7 Å². The Morgan fingerprint density at radius 1 is 0.757 bits per heavy atom. The lowest BCUT2D eigenvalue weighted by Gasteiger charge is -2.13. The van der Waals surface area contributed by atoms with Gasteiger partial charge < -0.3 is 40.6 Å². The Hall–Kier alpha value is -3.74. The molecule has 200 valence electrons. The van der Waals surface area contributed by atoms with Gasteiger partial charge in [0, 0.05) is 31.7 Å². The highest BCUT2D eigenvalue weighted by Gasteiger charge is 2.10. The highest BCUT2D eigenvalue weighted by atomic mass is 19.1. The molecule has 0 aliphatic rings. The zero-order valence-corrected chi connectivity index (χ0v) is 21.1. The fourth-order valence-corrected chi connectivity index (χ4v) is 3.24. The minimum Gasteiger partial charge on any atom is -0.493 e. The highest BCUT2D eigenvalue weighted by molar-refractivity contribution is 5.46. The molecule has 0 amide bonds. The first-order chi connectivity index (χ1) is 18.1. The number of ether oxygens (including phenoxy) is 4. The minimum absolute atomic E-state index is 0.219. The fourth-order valence-electron chi connectivity index (χ4n) is 3.24. The summed E-state index contributed by atoms with van der Waals surface area (Å²) < 4.78 is 35.5. The highest BCUT2D eigenvalue weighted by Crippen LogP contribution is 2.27. The van der Waals surface area contributed by atoms with Gasteiger partial charge in [-0.25, -0.2) is 4.39 Å². The molecule has 37 heavy (non-hydrogen) atoms. The Kier molecular flexibility index (Phi) is 11.6. The topological polar surface area (TPSA) is 138 Å². The first kappa shape index (κ1) is 27.8. The molecule has 0 fully saturated rings. The van der Waals surface area contributed by atoms with Gasteiger partial charge in [0.25, 0.3) is 0 Å². The molecule has 12 heteroatoms. The van der Waals surface area contributed by atoms with E-state index in [1.165, 1.54) is 6.07 Å². The number of aromatic nitrogens is 3. The molecule has 5 N–H and O–H groups in total. The molecule has 0 aliphatic carbocycles. The van der Waals surface area contributed by atoms with Crippen LogP contribution in [-0.2, 0) is 22.6 Å². The third kappa shape index (κ3) is 9.33. The van der Waals surface area contributed by atoms with E-state index in [9.17, 15) is 4.39 Å². The molecule has 0 saturated carbocycles. The minimum atomic E-state index is -0.304. The van der Waals surface area contributed by atoms with Gasteiger partial charge in [0.1, 0.15) is 5.82 Å². The Balaban J connectivity index is 1.64. The van der Waals surface area contributed by atoms with Crippen LogP contribution in [0.1, 0.15) is 11.1 Å². The van der Waals surface area contributed by atoms with Crippen LogP contribution >= 0.6 is 0 Å². The van der Waals surface area contributed by atoms with E-state index in [0.29, 0.717) is 81.0 Å². The predicted octanol–water partition coefficient (Wildman–Crippen LogP) is 2.66. The molecule has 0 saturated heterocycles. The van der Waals surface area contributed by atoms with E-state index < -0.39 is 0 Å². The lowest BCUT2D eigenvalue weighted by atomic mass is 10.2. The third-order valence-electron chi connectivity index (χ3n) is 5.09. The summed E-state index contributed by atoms with van der Waals surface area (Å²) in [5.41, 5.74) is 6.83. The van der Waals surface area contributed by atoms with Crippen molar-refractivity contribution >= 4 is 17.8 Å². The molecule has 0 spiro atoms. The summed E-state index contributed by atoms with van der Waals surface area (Å²) >= 11 is 0. The van der Waals surface area contributed by atoms with Crippen molar-refractivity contribution < 1.29 is 23.3 Å². The van der Waals surface area contributed by atoms with Crippen LogP contribution < -0.4 is 31.2 Å². The summed E-state index contributed by atoms with van der Waals surface area (Å²) in [6, 6.07) is 12.2. The lowest BCUT2D eigenvalue weighted by molar-refractivity contribution is 0.0547. The molecule has 1 heterocycles. The molecule has 0 radical (unpaired) electrons. The Morgan fingerprint density at radius 3 is 2.08 bits per heavy atom. The van der Waals surface area contributed by atoms with Crippen LogP contribution in [-0.4, -0.2) is 68.7 Å². The average molecular weight is 516 g/mol. The van der Waals surface area contributed by atoms with Gasteiger partial charge in [0.2, 0.25) is 17.8 Å². The maximum absolute atomic E-state index is 14.0. The van der Waals surface area contributed by atoms with Crippen molar-refractivity contribution in [1.82, 2.24) is 15.0 Å². The molecule has 1 aromatic heterocycles. The SMILES string of the molecule is COc1ccc(CNc2nc(NCCOCCOCCN)nc(NCc3ccccc3F)n2)cc1OC. The first-order valence-corrected chi connectivity index (χ1v) is 11.9. The largest absolute Gasteiger partial charge is 0.493 e. The van der Waals surface area contributed by atoms with Gasteiger partial charge in [-0.3, -0.25) is 0 Å². The third-order valence-corrected chi connectivity index (χ3v) is 5.09. The maximum atomic E-state index is 14.0. The summed E-state index contributed by atoms with van der Waals surface area (Å²) in [7, 11) is 3.18. The number of nitrogens with two attached hydrogens (primary N) is 1. The number of benzene rings is 2. The van der Waals surface area contributed by atoms with Crippen molar-refractivity contribution in [3.05, 3.63) is 59.4 Å². The summed E-state index contributed by atoms with van der Waals surface area (Å²) in [4.78, 5) is 13.3. The smallest absolute Gasteiger partial charge is 0.229 e. The van der Waals surface area contributed by atoms with E-state index >= 15 is 0 Å². The quantitative estimate of drug-likeness (QED) is 0.197. The number of hydrogen-bond acceptors (Lipinski definition) is 11. The fraction of sp³-hybridized carbons (Fsp3) is 0.400. The van der Waals surface area contributed by atoms with Crippen LogP contribution in [0.15, 0.2) is 42.5 Å². The second kappa shape index (κ2) is 15.4. The van der Waals surface area contributed by atoms with Crippen molar-refractivity contribution in [1.29, 1.82) is 0 Å². The summed E-state index contributed by atoms with van der Waals surface area (Å²) in [6.45, 7) is 3.50. The number of anilines is 3. The van der Waals surface area contributed by atoms with Crippen molar-refractivity contribution in [3.8, 4) is 11.5 Å². The Morgan fingerprint density at radius 2 is 1.41 bits per heavy atom. The van der Waals surface area contributed by atoms with E-state index in [-0.39, 0.29) is 12.4 Å². The maximum Gasteiger partial charge on any atom is 0.229 e. The van der Waals surface area contributed by atoms with E-state index in [0.717, 1.165) is 5.56 Å². The molecule has 0 unspecified atom stereocenters. The number of halogens is 1. The van der Waals surface area contributed by atoms with Gasteiger partial charge in [-0.2, -0.15) is 15.0 Å². The zero-order valence-electron chi connectivity index (χ0n) is 21.1. The van der Waals surface area contributed by atoms with Gasteiger partial charge in [-0.05, 0) is 23.8 Å². The molecular formula is C25H34FN7O4. The van der Waals surface area contributed by atoms with Crippen LogP contribution in [0.25, 0.3) is 0 Å². The van der Waals surface area contributed by atoms with Gasteiger partial charge in [0.05, 0.1) is 40.6 Å². The normalized spacial score (nSPS) is 10.7. The van der Waals surface area contributed by atoms with Crippen LogP contribution in [0.3, 0.4) is 0 Å². The van der Waals surface area contributed by atoms with E-state index in [1.54, 1.807) is 32.4 Å². The Labute approximate surface area is 215 Å². The van der Waals surface area contributed by atoms with Crippen LogP contribution in [0.2, 0.25) is 0 Å². The number of nitrogens with zero attached hydrogens (tertiary/aromatic N) is 3. The van der Waals surface area contributed by atoms with E-state index in [1.807, 2.05) is 18.2 Å². The summed E-state index contributed by atoms with van der Waals surface area (Å²) in [6.07, 6.45) is 0. The second-order valence-electron chi connectivity index (χ2n) is 7.73. The molecule has 11 nitrogen and oxygen atoms in total. The predicted molar refractivity (Wildman–Crippen MR) is 140 cm³/mol. The molecule has 3 rings (SSSR count).